The van der Waals surface area contributed by atoms with Crippen molar-refractivity contribution in [3.8, 4) is 17.2 Å². The van der Waals surface area contributed by atoms with E-state index >= 15 is 0 Å². The molecule has 0 aromatic heterocycles. The van der Waals surface area contributed by atoms with Crippen LogP contribution < -0.4 is 14.2 Å². The first-order valence-electron chi connectivity index (χ1n) is 10.7. The molecule has 3 aromatic rings. The minimum atomic E-state index is -0.601. The van der Waals surface area contributed by atoms with Crippen LogP contribution in [-0.2, 0) is 4.74 Å². The highest BCUT2D eigenvalue weighted by atomic mass is 79.9. The number of hydrogen-bond acceptors (Lipinski definition) is 6. The van der Waals surface area contributed by atoms with E-state index < -0.39 is 11.9 Å². The summed E-state index contributed by atoms with van der Waals surface area (Å²) in [5.74, 6) is 0.271. The number of benzene rings is 3. The fraction of sp³-hybridized carbons (Fsp3) is 0.231. The van der Waals surface area contributed by atoms with Crippen LogP contribution in [0, 0.1) is 0 Å². The molecule has 0 bridgehead atoms. The Morgan fingerprint density at radius 3 is 2.30 bits per heavy atom. The summed E-state index contributed by atoms with van der Waals surface area (Å²) < 4.78 is 22.6. The van der Waals surface area contributed by atoms with Crippen LogP contribution in [-0.4, -0.2) is 31.8 Å². The van der Waals surface area contributed by atoms with Crippen LogP contribution >= 0.6 is 15.9 Å². The van der Waals surface area contributed by atoms with Crippen LogP contribution in [0.3, 0.4) is 0 Å². The summed E-state index contributed by atoms with van der Waals surface area (Å²) in [7, 11) is 0. The van der Waals surface area contributed by atoms with E-state index in [4.69, 9.17) is 18.9 Å². The van der Waals surface area contributed by atoms with Crippen LogP contribution in [0.5, 0.6) is 17.2 Å². The van der Waals surface area contributed by atoms with Gasteiger partial charge in [0.25, 0.3) is 0 Å². The van der Waals surface area contributed by atoms with Gasteiger partial charge in [-0.05, 0) is 64.8 Å². The molecule has 172 valence electrons. The number of hydrogen-bond donors (Lipinski definition) is 0. The molecule has 0 fully saturated rings. The van der Waals surface area contributed by atoms with Gasteiger partial charge in [0.15, 0.2) is 0 Å². The van der Waals surface area contributed by atoms with Crippen LogP contribution in [0.25, 0.3) is 0 Å². The predicted molar refractivity (Wildman–Crippen MR) is 128 cm³/mol. The van der Waals surface area contributed by atoms with Crippen molar-refractivity contribution in [2.75, 3.05) is 19.8 Å². The van der Waals surface area contributed by atoms with E-state index in [2.05, 4.69) is 22.9 Å². The Kier molecular flexibility index (Phi) is 9.32. The Morgan fingerprint density at radius 2 is 1.55 bits per heavy atom. The number of esters is 2. The number of ether oxygens (including phenoxy) is 4. The highest BCUT2D eigenvalue weighted by molar-refractivity contribution is 9.10. The number of unbranched alkanes of at least 4 members (excludes halogenated alkanes) is 1. The second-order valence-electron chi connectivity index (χ2n) is 7.03. The highest BCUT2D eigenvalue weighted by Crippen LogP contribution is 2.27. The zero-order chi connectivity index (χ0) is 23.5. The Hall–Kier alpha value is -3.32. The average Bonchev–Trinajstić information content (AvgIpc) is 2.83. The average molecular weight is 513 g/mol. The second-order valence-corrected chi connectivity index (χ2v) is 7.88. The maximum atomic E-state index is 12.7. The molecule has 0 N–H and O–H groups in total. The molecule has 33 heavy (non-hydrogen) atoms. The normalized spacial score (nSPS) is 10.4. The first-order valence-corrected chi connectivity index (χ1v) is 11.5. The Labute approximate surface area is 201 Å². The van der Waals surface area contributed by atoms with Gasteiger partial charge in [0.2, 0.25) is 0 Å². The van der Waals surface area contributed by atoms with Gasteiger partial charge >= 0.3 is 11.9 Å². The van der Waals surface area contributed by atoms with Gasteiger partial charge in [-0.3, -0.25) is 0 Å². The minimum absolute atomic E-state index is 0.0580. The second kappa shape index (κ2) is 12.6. The molecule has 0 aliphatic heterocycles. The molecular formula is C26H25BrO6. The number of carbonyl (C=O) groups is 2. The quantitative estimate of drug-likeness (QED) is 0.176. The van der Waals surface area contributed by atoms with E-state index in [1.54, 1.807) is 42.5 Å². The molecule has 7 heteroatoms. The lowest BCUT2D eigenvalue weighted by atomic mass is 10.2. The van der Waals surface area contributed by atoms with Crippen molar-refractivity contribution >= 4 is 27.9 Å². The van der Waals surface area contributed by atoms with Crippen LogP contribution in [0.4, 0.5) is 0 Å². The maximum Gasteiger partial charge on any atom is 0.343 e. The lowest BCUT2D eigenvalue weighted by Gasteiger charge is -2.12. The van der Waals surface area contributed by atoms with Gasteiger partial charge in [-0.2, -0.15) is 0 Å². The number of para-hydroxylation sites is 2. The number of halogens is 1. The summed E-state index contributed by atoms with van der Waals surface area (Å²) in [5, 5.41) is 0. The van der Waals surface area contributed by atoms with E-state index in [0.29, 0.717) is 28.1 Å². The zero-order valence-corrected chi connectivity index (χ0v) is 19.9. The number of rotatable bonds is 11. The Bertz CT molecular complexity index is 1070. The van der Waals surface area contributed by atoms with Gasteiger partial charge in [-0.25, -0.2) is 9.59 Å². The van der Waals surface area contributed by atoms with Gasteiger partial charge in [-0.15, -0.1) is 0 Å². The maximum absolute atomic E-state index is 12.7. The van der Waals surface area contributed by atoms with E-state index in [9.17, 15) is 9.59 Å². The molecule has 3 rings (SSSR count). The third-order valence-electron chi connectivity index (χ3n) is 4.56. The van der Waals surface area contributed by atoms with E-state index in [1.165, 1.54) is 0 Å². The van der Waals surface area contributed by atoms with Gasteiger partial charge < -0.3 is 18.9 Å². The van der Waals surface area contributed by atoms with Gasteiger partial charge in [-0.1, -0.05) is 43.7 Å². The van der Waals surface area contributed by atoms with E-state index in [-0.39, 0.29) is 24.5 Å². The Morgan fingerprint density at radius 1 is 0.788 bits per heavy atom. The lowest BCUT2D eigenvalue weighted by Crippen LogP contribution is -2.15. The van der Waals surface area contributed by atoms with Crippen molar-refractivity contribution in [2.45, 2.75) is 19.8 Å². The molecule has 3 aromatic carbocycles. The van der Waals surface area contributed by atoms with Gasteiger partial charge in [0.1, 0.15) is 36.0 Å². The summed E-state index contributed by atoms with van der Waals surface area (Å²) >= 11 is 3.42. The zero-order valence-electron chi connectivity index (χ0n) is 18.3. The molecular weight excluding hydrogens is 488 g/mol. The highest BCUT2D eigenvalue weighted by Gasteiger charge is 2.18. The van der Waals surface area contributed by atoms with Crippen molar-refractivity contribution in [1.29, 1.82) is 0 Å². The Balaban J connectivity index is 1.58. The topological polar surface area (TPSA) is 71.1 Å². The van der Waals surface area contributed by atoms with Crippen molar-refractivity contribution in [1.82, 2.24) is 0 Å². The van der Waals surface area contributed by atoms with Crippen molar-refractivity contribution in [2.24, 2.45) is 0 Å². The SMILES string of the molecule is CCCCOc1ccc(C(=O)Oc2ccccc2C(=O)OCCOc2ccccc2)cc1Br. The fourth-order valence-corrected chi connectivity index (χ4v) is 3.34. The van der Waals surface area contributed by atoms with Crippen LogP contribution in [0.15, 0.2) is 77.3 Å². The first kappa shape index (κ1) is 24.3. The molecule has 0 spiro atoms. The van der Waals surface area contributed by atoms with Crippen molar-refractivity contribution in [3.05, 3.63) is 88.4 Å². The summed E-state index contributed by atoms with van der Waals surface area (Å²) in [4.78, 5) is 25.2. The third-order valence-corrected chi connectivity index (χ3v) is 5.18. The molecule has 0 saturated carbocycles. The molecule has 0 radical (unpaired) electrons. The first-order chi connectivity index (χ1) is 16.1. The molecule has 0 aliphatic carbocycles. The molecule has 6 nitrogen and oxygen atoms in total. The monoisotopic (exact) mass is 512 g/mol. The predicted octanol–water partition coefficient (Wildman–Crippen LogP) is 6.08. The largest absolute Gasteiger partial charge is 0.492 e. The van der Waals surface area contributed by atoms with Crippen LogP contribution in [0.2, 0.25) is 0 Å². The molecule has 0 heterocycles. The van der Waals surface area contributed by atoms with Crippen molar-refractivity contribution in [3.63, 3.8) is 0 Å². The summed E-state index contributed by atoms with van der Waals surface area (Å²) in [6.07, 6.45) is 1.98. The lowest BCUT2D eigenvalue weighted by molar-refractivity contribution is 0.0445. The van der Waals surface area contributed by atoms with Crippen LogP contribution in [0.1, 0.15) is 40.5 Å². The summed E-state index contributed by atoms with van der Waals surface area (Å²) in [6, 6.07) is 20.7. The molecule has 0 amide bonds. The summed E-state index contributed by atoms with van der Waals surface area (Å²) in [5.41, 5.74) is 0.480. The molecule has 0 unspecified atom stereocenters. The van der Waals surface area contributed by atoms with E-state index in [1.807, 2.05) is 30.3 Å². The molecule has 0 saturated heterocycles. The molecule has 0 aliphatic rings. The third kappa shape index (κ3) is 7.36. The number of carbonyl (C=O) groups excluding carboxylic acids is 2. The standard InChI is InChI=1S/C26H25BrO6/c1-2-3-15-31-24-14-13-19(18-22(24)27)25(28)33-23-12-8-7-11-21(23)26(29)32-17-16-30-20-9-5-4-6-10-20/h4-14,18H,2-3,15-17H2,1H3. The fourth-order valence-electron chi connectivity index (χ4n) is 2.84. The van der Waals surface area contributed by atoms with Gasteiger partial charge in [0.05, 0.1) is 16.6 Å². The van der Waals surface area contributed by atoms with Crippen molar-refractivity contribution < 1.29 is 28.5 Å². The minimum Gasteiger partial charge on any atom is -0.492 e. The van der Waals surface area contributed by atoms with Gasteiger partial charge in [0, 0.05) is 0 Å². The summed E-state index contributed by atoms with van der Waals surface area (Å²) in [6.45, 7) is 2.95. The smallest absolute Gasteiger partial charge is 0.343 e. The van der Waals surface area contributed by atoms with E-state index in [0.717, 1.165) is 12.8 Å². The molecule has 0 atom stereocenters.